The van der Waals surface area contributed by atoms with Gasteiger partial charge in [-0.3, -0.25) is 0 Å². The van der Waals surface area contributed by atoms with Crippen molar-refractivity contribution >= 4 is 6.09 Å². The predicted molar refractivity (Wildman–Crippen MR) is 56.6 cm³/mol. The smallest absolute Gasteiger partial charge is 0.410 e. The number of hydrogen-bond donors (Lipinski definition) is 1. The third-order valence-corrected chi connectivity index (χ3v) is 2.43. The molecular weight excluding hydrogens is 192 g/mol. The molecule has 15 heavy (non-hydrogen) atoms. The van der Waals surface area contributed by atoms with Crippen LogP contribution in [0.5, 0.6) is 5.75 Å². The fourth-order valence-corrected chi connectivity index (χ4v) is 1.61. The van der Waals surface area contributed by atoms with E-state index < -0.39 is 0 Å². The van der Waals surface area contributed by atoms with Crippen molar-refractivity contribution in [3.63, 3.8) is 0 Å². The van der Waals surface area contributed by atoms with Crippen molar-refractivity contribution < 1.29 is 9.53 Å². The third-order valence-electron chi connectivity index (χ3n) is 2.43. The molecule has 1 aliphatic rings. The van der Waals surface area contributed by atoms with E-state index in [0.29, 0.717) is 18.8 Å². The Morgan fingerprint density at radius 1 is 1.40 bits per heavy atom. The molecule has 0 spiro atoms. The van der Waals surface area contributed by atoms with E-state index in [1.165, 1.54) is 0 Å². The van der Waals surface area contributed by atoms with Crippen LogP contribution in [-0.2, 0) is 0 Å². The van der Waals surface area contributed by atoms with Crippen LogP contribution in [0.1, 0.15) is 6.42 Å². The quantitative estimate of drug-likeness (QED) is 0.751. The normalized spacial score (nSPS) is 20.3. The molecular formula is C11H14N2O2. The van der Waals surface area contributed by atoms with Crippen LogP contribution in [0.2, 0.25) is 0 Å². The molecule has 2 N–H and O–H groups in total. The summed E-state index contributed by atoms with van der Waals surface area (Å²) in [6.45, 7) is 1.28. The summed E-state index contributed by atoms with van der Waals surface area (Å²) < 4.78 is 5.18. The zero-order valence-corrected chi connectivity index (χ0v) is 8.43. The van der Waals surface area contributed by atoms with Gasteiger partial charge in [0.05, 0.1) is 0 Å². The van der Waals surface area contributed by atoms with Gasteiger partial charge in [-0.1, -0.05) is 18.2 Å². The van der Waals surface area contributed by atoms with Crippen LogP contribution in [-0.4, -0.2) is 30.1 Å². The number of ether oxygens (including phenoxy) is 1. The van der Waals surface area contributed by atoms with E-state index in [2.05, 4.69) is 0 Å². The first kappa shape index (κ1) is 9.98. The van der Waals surface area contributed by atoms with Crippen LogP contribution < -0.4 is 10.5 Å². The lowest BCUT2D eigenvalue weighted by Crippen LogP contribution is -2.33. The molecule has 1 amide bonds. The Hall–Kier alpha value is -1.55. The van der Waals surface area contributed by atoms with Gasteiger partial charge in [0.15, 0.2) is 0 Å². The molecule has 4 nitrogen and oxygen atoms in total. The summed E-state index contributed by atoms with van der Waals surface area (Å²) in [4.78, 5) is 13.2. The van der Waals surface area contributed by atoms with E-state index in [4.69, 9.17) is 10.5 Å². The zero-order chi connectivity index (χ0) is 10.7. The van der Waals surface area contributed by atoms with E-state index in [0.717, 1.165) is 6.42 Å². The summed E-state index contributed by atoms with van der Waals surface area (Å²) in [5, 5.41) is 0. The molecule has 1 aliphatic heterocycles. The van der Waals surface area contributed by atoms with E-state index in [9.17, 15) is 4.79 Å². The van der Waals surface area contributed by atoms with Gasteiger partial charge in [0, 0.05) is 19.1 Å². The zero-order valence-electron chi connectivity index (χ0n) is 8.43. The van der Waals surface area contributed by atoms with E-state index in [1.807, 2.05) is 18.2 Å². The van der Waals surface area contributed by atoms with E-state index >= 15 is 0 Å². The van der Waals surface area contributed by atoms with E-state index in [1.54, 1.807) is 17.0 Å². The highest BCUT2D eigenvalue weighted by molar-refractivity contribution is 5.71. The highest BCUT2D eigenvalue weighted by Crippen LogP contribution is 2.13. The molecule has 4 heteroatoms. The highest BCUT2D eigenvalue weighted by Gasteiger charge is 2.24. The van der Waals surface area contributed by atoms with Crippen LogP contribution in [0.15, 0.2) is 30.3 Å². The fourth-order valence-electron chi connectivity index (χ4n) is 1.61. The monoisotopic (exact) mass is 206 g/mol. The van der Waals surface area contributed by atoms with Crippen molar-refractivity contribution in [3.05, 3.63) is 30.3 Å². The van der Waals surface area contributed by atoms with Crippen molar-refractivity contribution in [3.8, 4) is 5.75 Å². The maximum absolute atomic E-state index is 11.6. The summed E-state index contributed by atoms with van der Waals surface area (Å²) in [6.07, 6.45) is 0.540. The minimum Gasteiger partial charge on any atom is -0.410 e. The summed E-state index contributed by atoms with van der Waals surface area (Å²) in [5.41, 5.74) is 5.71. The van der Waals surface area contributed by atoms with Gasteiger partial charge < -0.3 is 15.4 Å². The number of carbonyl (C=O) groups is 1. The van der Waals surface area contributed by atoms with Gasteiger partial charge in [-0.05, 0) is 18.6 Å². The van der Waals surface area contributed by atoms with Gasteiger partial charge in [0.1, 0.15) is 5.75 Å². The summed E-state index contributed by atoms with van der Waals surface area (Å²) in [6, 6.07) is 9.15. The first-order chi connectivity index (χ1) is 7.25. The molecule has 0 aromatic heterocycles. The van der Waals surface area contributed by atoms with Gasteiger partial charge in [-0.25, -0.2) is 4.79 Å². The number of likely N-dealkylation sites (tertiary alicyclic amines) is 1. The lowest BCUT2D eigenvalue weighted by atomic mass is 10.3. The summed E-state index contributed by atoms with van der Waals surface area (Å²) in [7, 11) is 0. The number of nitrogens with zero attached hydrogens (tertiary/aromatic N) is 1. The molecule has 1 saturated heterocycles. The first-order valence-corrected chi connectivity index (χ1v) is 5.03. The maximum Gasteiger partial charge on any atom is 0.415 e. The minimum atomic E-state index is -0.311. The van der Waals surface area contributed by atoms with Crippen molar-refractivity contribution in [1.29, 1.82) is 0 Å². The van der Waals surface area contributed by atoms with Crippen LogP contribution in [0.25, 0.3) is 0 Å². The standard InChI is InChI=1S/C11H14N2O2/c12-9-6-7-13(8-9)11(14)15-10-4-2-1-3-5-10/h1-5,9H,6-8,12H2. The van der Waals surface area contributed by atoms with E-state index in [-0.39, 0.29) is 12.1 Å². The Labute approximate surface area is 88.6 Å². The number of carbonyl (C=O) groups excluding carboxylic acids is 1. The van der Waals surface area contributed by atoms with Crippen LogP contribution in [0, 0.1) is 0 Å². The second-order valence-corrected chi connectivity index (χ2v) is 3.68. The molecule has 1 heterocycles. The van der Waals surface area contributed by atoms with Crippen molar-refractivity contribution in [2.75, 3.05) is 13.1 Å². The van der Waals surface area contributed by atoms with Crippen LogP contribution in [0.4, 0.5) is 4.79 Å². The first-order valence-electron chi connectivity index (χ1n) is 5.03. The molecule has 2 rings (SSSR count). The summed E-state index contributed by atoms with van der Waals surface area (Å²) in [5.74, 6) is 0.572. The van der Waals surface area contributed by atoms with Crippen molar-refractivity contribution in [2.45, 2.75) is 12.5 Å². The molecule has 0 bridgehead atoms. The molecule has 1 fully saturated rings. The lowest BCUT2D eigenvalue weighted by molar-refractivity contribution is 0.162. The fraction of sp³-hybridized carbons (Fsp3) is 0.364. The molecule has 1 unspecified atom stereocenters. The maximum atomic E-state index is 11.6. The Kier molecular flexibility index (Phi) is 2.87. The number of amides is 1. The molecule has 1 aromatic carbocycles. The van der Waals surface area contributed by atoms with Gasteiger partial charge in [-0.2, -0.15) is 0 Å². The Balaban J connectivity index is 1.93. The minimum absolute atomic E-state index is 0.0910. The third kappa shape index (κ3) is 2.47. The average Bonchev–Trinajstić information content (AvgIpc) is 2.66. The molecule has 0 saturated carbocycles. The molecule has 0 radical (unpaired) electrons. The molecule has 1 aromatic rings. The number of hydrogen-bond acceptors (Lipinski definition) is 3. The Morgan fingerprint density at radius 2 is 2.13 bits per heavy atom. The van der Waals surface area contributed by atoms with Crippen LogP contribution >= 0.6 is 0 Å². The lowest BCUT2D eigenvalue weighted by Gasteiger charge is -2.15. The SMILES string of the molecule is NC1CCN(C(=O)Oc2ccccc2)C1. The second-order valence-electron chi connectivity index (χ2n) is 3.68. The highest BCUT2D eigenvalue weighted by atomic mass is 16.6. The van der Waals surface area contributed by atoms with Crippen molar-refractivity contribution in [2.24, 2.45) is 5.73 Å². The molecule has 0 aliphatic carbocycles. The second kappa shape index (κ2) is 4.31. The van der Waals surface area contributed by atoms with Gasteiger partial charge in [0.25, 0.3) is 0 Å². The summed E-state index contributed by atoms with van der Waals surface area (Å²) >= 11 is 0. The number of para-hydroxylation sites is 1. The van der Waals surface area contributed by atoms with Gasteiger partial charge in [0.2, 0.25) is 0 Å². The Morgan fingerprint density at radius 3 is 2.73 bits per heavy atom. The largest absolute Gasteiger partial charge is 0.415 e. The number of rotatable bonds is 1. The van der Waals surface area contributed by atoms with Gasteiger partial charge >= 0.3 is 6.09 Å². The molecule has 80 valence electrons. The number of nitrogens with two attached hydrogens (primary N) is 1. The number of benzene rings is 1. The Bertz CT molecular complexity index is 340. The predicted octanol–water partition coefficient (Wildman–Crippen LogP) is 1.22. The topological polar surface area (TPSA) is 55.6 Å². The van der Waals surface area contributed by atoms with Crippen molar-refractivity contribution in [1.82, 2.24) is 4.90 Å². The average molecular weight is 206 g/mol. The molecule has 1 atom stereocenters. The van der Waals surface area contributed by atoms with Gasteiger partial charge in [-0.15, -0.1) is 0 Å². The van der Waals surface area contributed by atoms with Crippen LogP contribution in [0.3, 0.4) is 0 Å².